The van der Waals surface area contributed by atoms with E-state index in [1.807, 2.05) is 0 Å². The van der Waals surface area contributed by atoms with Gasteiger partial charge in [-0.05, 0) is 42.5 Å². The Morgan fingerprint density at radius 1 is 1.16 bits per heavy atom. The number of rotatable bonds is 5. The van der Waals surface area contributed by atoms with E-state index < -0.39 is 49.9 Å². The lowest BCUT2D eigenvalue weighted by Crippen LogP contribution is -2.24. The van der Waals surface area contributed by atoms with Crippen LogP contribution in [0.2, 0.25) is 0 Å². The molecule has 3 heterocycles. The van der Waals surface area contributed by atoms with Gasteiger partial charge in [0.2, 0.25) is 15.3 Å². The van der Waals surface area contributed by atoms with Crippen molar-refractivity contribution in [2.75, 3.05) is 13.7 Å². The highest BCUT2D eigenvalue weighted by molar-refractivity contribution is 7.92. The second-order valence-electron chi connectivity index (χ2n) is 8.47. The van der Waals surface area contributed by atoms with Crippen LogP contribution in [0, 0.1) is 11.6 Å². The van der Waals surface area contributed by atoms with Gasteiger partial charge in [-0.1, -0.05) is 0 Å². The number of pyridine rings is 2. The number of halogens is 3. The fourth-order valence-corrected chi connectivity index (χ4v) is 5.44. The molecule has 0 saturated carbocycles. The van der Waals surface area contributed by atoms with Crippen molar-refractivity contribution in [2.24, 2.45) is 0 Å². The normalized spacial score (nSPS) is 16.3. The molecular weight excluding hydrogens is 523 g/mol. The highest BCUT2D eigenvalue weighted by atomic mass is 32.2. The molecule has 2 aromatic heterocycles. The highest BCUT2D eigenvalue weighted by Gasteiger charge is 2.35. The first-order chi connectivity index (χ1) is 18.2. The van der Waals surface area contributed by atoms with Crippen molar-refractivity contribution >= 4 is 26.6 Å². The Kier molecular flexibility index (Phi) is 6.66. The molecule has 0 saturated heterocycles. The number of carbonyl (C=O) groups is 1. The maximum atomic E-state index is 14.6. The predicted octanol–water partition coefficient (Wildman–Crippen LogP) is 4.37. The Labute approximate surface area is 215 Å². The molecule has 12 heteroatoms. The SMILES string of the molecule is COc1cc(F)ccc1-c1ccc2cnc(CNC(=O)c3cc(F)c4c(c3)S(=O)(=O)[C@@H](F)CCO4)cc2n1. The lowest BCUT2D eigenvalue weighted by molar-refractivity contribution is 0.0949. The van der Waals surface area contributed by atoms with Gasteiger partial charge in [0.25, 0.3) is 5.91 Å². The molecule has 0 unspecified atom stereocenters. The minimum absolute atomic E-state index is 0.0890. The van der Waals surface area contributed by atoms with Crippen LogP contribution in [0.1, 0.15) is 22.5 Å². The molecule has 1 N–H and O–H groups in total. The minimum Gasteiger partial charge on any atom is -0.496 e. The number of nitrogens with one attached hydrogen (secondary N) is 1. The number of hydrogen-bond acceptors (Lipinski definition) is 7. The quantitative estimate of drug-likeness (QED) is 0.399. The molecule has 2 aromatic carbocycles. The van der Waals surface area contributed by atoms with Crippen molar-refractivity contribution in [3.63, 3.8) is 0 Å². The third-order valence-electron chi connectivity index (χ3n) is 6.01. The molecule has 5 rings (SSSR count). The van der Waals surface area contributed by atoms with E-state index in [2.05, 4.69) is 15.3 Å². The summed E-state index contributed by atoms with van der Waals surface area (Å²) in [4.78, 5) is 20.9. The lowest BCUT2D eigenvalue weighted by atomic mass is 10.1. The molecule has 196 valence electrons. The summed E-state index contributed by atoms with van der Waals surface area (Å²) in [7, 11) is -3.09. The molecule has 8 nitrogen and oxygen atoms in total. The van der Waals surface area contributed by atoms with Gasteiger partial charge in [-0.15, -0.1) is 0 Å². The Bertz CT molecular complexity index is 1680. The Hall–Kier alpha value is -4.19. The molecule has 0 aliphatic carbocycles. The van der Waals surface area contributed by atoms with Crippen LogP contribution in [0.4, 0.5) is 13.2 Å². The van der Waals surface area contributed by atoms with Crippen molar-refractivity contribution in [1.82, 2.24) is 15.3 Å². The van der Waals surface area contributed by atoms with Crippen molar-refractivity contribution in [2.45, 2.75) is 23.4 Å². The highest BCUT2D eigenvalue weighted by Crippen LogP contribution is 2.35. The predicted molar refractivity (Wildman–Crippen MR) is 131 cm³/mol. The van der Waals surface area contributed by atoms with Gasteiger partial charge in [0, 0.05) is 35.2 Å². The smallest absolute Gasteiger partial charge is 0.251 e. The largest absolute Gasteiger partial charge is 0.496 e. The molecule has 1 aliphatic rings. The van der Waals surface area contributed by atoms with Gasteiger partial charge in [0.05, 0.1) is 37.2 Å². The number of benzene rings is 2. The average molecular weight is 544 g/mol. The molecule has 0 fully saturated rings. The van der Waals surface area contributed by atoms with Crippen LogP contribution in [0.3, 0.4) is 0 Å². The number of fused-ring (bicyclic) bond motifs is 2. The van der Waals surface area contributed by atoms with E-state index in [1.54, 1.807) is 30.5 Å². The standard InChI is InChI=1S/C26H20F3N3O5S/c1-36-22-10-16(27)3-4-18(22)20-5-2-14-12-30-17(11-21(14)32-20)13-31-26(33)15-8-19(28)25-23(9-15)38(34,35)24(29)6-7-37-25/h2-5,8-12,24H,6-7,13H2,1H3,(H,31,33)/t24-/m1/s1. The van der Waals surface area contributed by atoms with Gasteiger partial charge in [0.1, 0.15) is 16.5 Å². The van der Waals surface area contributed by atoms with Gasteiger partial charge in [-0.2, -0.15) is 0 Å². The fraction of sp³-hybridized carbons (Fsp3) is 0.192. The van der Waals surface area contributed by atoms with Gasteiger partial charge >= 0.3 is 0 Å². The van der Waals surface area contributed by atoms with E-state index in [9.17, 15) is 26.4 Å². The van der Waals surface area contributed by atoms with E-state index in [0.29, 0.717) is 33.6 Å². The van der Waals surface area contributed by atoms with Crippen LogP contribution in [0.25, 0.3) is 22.2 Å². The summed E-state index contributed by atoms with van der Waals surface area (Å²) in [5.41, 5.74) is -0.506. The van der Waals surface area contributed by atoms with Crippen molar-refractivity contribution in [1.29, 1.82) is 0 Å². The third-order valence-corrected chi connectivity index (χ3v) is 7.83. The molecule has 0 radical (unpaired) electrons. The van der Waals surface area contributed by atoms with Crippen LogP contribution in [-0.4, -0.2) is 43.5 Å². The summed E-state index contributed by atoms with van der Waals surface area (Å²) in [5, 5.41) is 3.26. The number of ether oxygens (including phenoxy) is 2. The van der Waals surface area contributed by atoms with Gasteiger partial charge in [-0.25, -0.2) is 26.6 Å². The van der Waals surface area contributed by atoms with Crippen LogP contribution in [0.5, 0.6) is 11.5 Å². The summed E-state index contributed by atoms with van der Waals surface area (Å²) in [6.07, 6.45) is 1.11. The van der Waals surface area contributed by atoms with E-state index in [1.165, 1.54) is 19.2 Å². The van der Waals surface area contributed by atoms with Gasteiger partial charge < -0.3 is 14.8 Å². The van der Waals surface area contributed by atoms with Gasteiger partial charge in [0.15, 0.2) is 11.6 Å². The van der Waals surface area contributed by atoms with Crippen molar-refractivity contribution in [3.8, 4) is 22.8 Å². The van der Waals surface area contributed by atoms with E-state index in [0.717, 1.165) is 12.1 Å². The van der Waals surface area contributed by atoms with Crippen LogP contribution in [0.15, 0.2) is 59.6 Å². The fourth-order valence-electron chi connectivity index (χ4n) is 4.05. The zero-order chi connectivity index (χ0) is 27.0. The minimum atomic E-state index is -4.52. The number of nitrogens with zero attached hydrogens (tertiary/aromatic N) is 2. The Morgan fingerprint density at radius 2 is 1.97 bits per heavy atom. The third kappa shape index (κ3) is 4.74. The number of aromatic nitrogens is 2. The molecule has 0 bridgehead atoms. The molecule has 1 atom stereocenters. The first kappa shape index (κ1) is 25.5. The number of methoxy groups -OCH3 is 1. The van der Waals surface area contributed by atoms with E-state index in [-0.39, 0.29) is 18.7 Å². The van der Waals surface area contributed by atoms with Gasteiger partial charge in [-0.3, -0.25) is 9.78 Å². The molecular formula is C26H20F3N3O5S. The van der Waals surface area contributed by atoms with Crippen molar-refractivity contribution in [3.05, 3.63) is 77.6 Å². The van der Waals surface area contributed by atoms with Crippen LogP contribution < -0.4 is 14.8 Å². The number of carbonyl (C=O) groups excluding carboxylic acids is 1. The Balaban J connectivity index is 1.39. The summed E-state index contributed by atoms with van der Waals surface area (Å²) >= 11 is 0. The van der Waals surface area contributed by atoms with Crippen LogP contribution in [-0.2, 0) is 16.4 Å². The second kappa shape index (κ2) is 9.93. The lowest BCUT2D eigenvalue weighted by Gasteiger charge is -2.12. The summed E-state index contributed by atoms with van der Waals surface area (Å²) < 4.78 is 77.5. The molecule has 0 spiro atoms. The number of hydrogen-bond donors (Lipinski definition) is 1. The summed E-state index contributed by atoms with van der Waals surface area (Å²) in [6.45, 7) is -0.401. The first-order valence-corrected chi connectivity index (χ1v) is 12.9. The maximum Gasteiger partial charge on any atom is 0.251 e. The number of alkyl halides is 1. The van der Waals surface area contributed by atoms with Crippen molar-refractivity contribution < 1.29 is 35.9 Å². The second-order valence-corrected chi connectivity index (χ2v) is 10.5. The van der Waals surface area contributed by atoms with E-state index in [4.69, 9.17) is 9.47 Å². The monoisotopic (exact) mass is 543 g/mol. The summed E-state index contributed by atoms with van der Waals surface area (Å²) in [5.74, 6) is -2.60. The molecule has 4 aromatic rings. The van der Waals surface area contributed by atoms with Crippen LogP contribution >= 0.6 is 0 Å². The topological polar surface area (TPSA) is 107 Å². The summed E-state index contributed by atoms with van der Waals surface area (Å²) in [6, 6.07) is 11.0. The molecule has 1 aliphatic heterocycles. The number of amides is 1. The molecule has 1 amide bonds. The number of sulfone groups is 1. The first-order valence-electron chi connectivity index (χ1n) is 11.4. The van der Waals surface area contributed by atoms with E-state index >= 15 is 0 Å². The molecule has 38 heavy (non-hydrogen) atoms. The maximum absolute atomic E-state index is 14.6. The zero-order valence-electron chi connectivity index (χ0n) is 19.9. The zero-order valence-corrected chi connectivity index (χ0v) is 20.7. The Morgan fingerprint density at radius 3 is 2.76 bits per heavy atom. The average Bonchev–Trinajstić information content (AvgIpc) is 3.02.